The maximum Gasteiger partial charge on any atom is 0.251 e. The molecule has 3 nitrogen and oxygen atoms in total. The van der Waals surface area contributed by atoms with Gasteiger partial charge in [0.1, 0.15) is 0 Å². The first kappa shape index (κ1) is 17.0. The molecule has 2 aromatic rings. The van der Waals surface area contributed by atoms with Crippen LogP contribution in [0.15, 0.2) is 54.6 Å². The average molecular weight is 344 g/mol. The van der Waals surface area contributed by atoms with Crippen LogP contribution in [0.1, 0.15) is 35.2 Å². The van der Waals surface area contributed by atoms with Gasteiger partial charge in [0.15, 0.2) is 0 Å². The Morgan fingerprint density at radius 2 is 1.79 bits per heavy atom. The second kappa shape index (κ2) is 7.82. The van der Waals surface area contributed by atoms with Crippen molar-refractivity contribution in [2.24, 2.45) is 0 Å². The van der Waals surface area contributed by atoms with E-state index in [9.17, 15) is 4.79 Å². The van der Waals surface area contributed by atoms with Crippen LogP contribution < -0.4 is 5.32 Å². The number of amides is 1. The molecule has 0 aromatic heterocycles. The Morgan fingerprint density at radius 1 is 1.04 bits per heavy atom. The van der Waals surface area contributed by atoms with Gasteiger partial charge in [-0.25, -0.2) is 0 Å². The Morgan fingerprint density at radius 3 is 2.54 bits per heavy atom. The number of halogens is 1. The Kier molecular flexibility index (Phi) is 5.54. The fraction of sp³-hybridized carbons (Fsp3) is 0.350. The fourth-order valence-electron chi connectivity index (χ4n) is 3.32. The number of carbonyl (C=O) groups is 1. The predicted octanol–water partition coefficient (Wildman–Crippen LogP) is 4.21. The van der Waals surface area contributed by atoms with E-state index in [1.165, 1.54) is 5.56 Å². The number of carbonyl (C=O) groups excluding carboxylic acids is 1. The molecule has 1 fully saturated rings. The Labute approximate surface area is 148 Å². The third-order valence-electron chi connectivity index (χ3n) is 4.75. The van der Waals surface area contributed by atoms with Crippen LogP contribution in [0.2, 0.25) is 5.02 Å². The first-order chi connectivity index (χ1) is 11.7. The summed E-state index contributed by atoms with van der Waals surface area (Å²) in [5.74, 6) is -0.0628. The van der Waals surface area contributed by atoms with Crippen LogP contribution in [0.3, 0.4) is 0 Å². The maximum absolute atomic E-state index is 12.5. The zero-order valence-corrected chi connectivity index (χ0v) is 14.4. The number of hydrogen-bond acceptors (Lipinski definition) is 2. The lowest BCUT2D eigenvalue weighted by atomic mass is 9.74. The first-order valence-corrected chi connectivity index (χ1v) is 8.74. The molecule has 24 heavy (non-hydrogen) atoms. The Hall–Kier alpha value is -1.84. The van der Waals surface area contributed by atoms with Gasteiger partial charge in [-0.2, -0.15) is 0 Å². The van der Waals surface area contributed by atoms with Gasteiger partial charge in [-0.15, -0.1) is 0 Å². The zero-order chi connectivity index (χ0) is 16.8. The summed E-state index contributed by atoms with van der Waals surface area (Å²) in [7, 11) is 0. The minimum Gasteiger partial charge on any atom is -0.381 e. The molecule has 1 atom stereocenters. The molecule has 0 saturated carbocycles. The van der Waals surface area contributed by atoms with Gasteiger partial charge in [-0.3, -0.25) is 4.79 Å². The lowest BCUT2D eigenvalue weighted by Gasteiger charge is -2.33. The van der Waals surface area contributed by atoms with Gasteiger partial charge >= 0.3 is 0 Å². The van der Waals surface area contributed by atoms with Crippen LogP contribution >= 0.6 is 11.6 Å². The van der Waals surface area contributed by atoms with Crippen molar-refractivity contribution >= 4 is 17.5 Å². The van der Waals surface area contributed by atoms with E-state index in [2.05, 4.69) is 29.6 Å². The standard InChI is InChI=1S/C20H22ClNO2/c21-18-9-7-16(8-10-18)19(23)22-15-20(11-4-13-24-14-12-20)17-5-2-1-3-6-17/h1-3,5-10H,4,11-15H2,(H,22,23). The molecule has 0 spiro atoms. The molecule has 1 aliphatic heterocycles. The molecule has 2 aromatic carbocycles. The Balaban J connectivity index is 1.77. The molecule has 1 amide bonds. The highest BCUT2D eigenvalue weighted by Gasteiger charge is 2.33. The molecule has 1 saturated heterocycles. The lowest BCUT2D eigenvalue weighted by Crippen LogP contribution is -2.41. The summed E-state index contributed by atoms with van der Waals surface area (Å²) in [5, 5.41) is 3.75. The molecular formula is C20H22ClNO2. The van der Waals surface area contributed by atoms with Crippen molar-refractivity contribution in [3.8, 4) is 0 Å². The molecule has 1 N–H and O–H groups in total. The lowest BCUT2D eigenvalue weighted by molar-refractivity contribution is 0.0937. The third-order valence-corrected chi connectivity index (χ3v) is 5.00. The van der Waals surface area contributed by atoms with Crippen LogP contribution in [0.25, 0.3) is 0 Å². The topological polar surface area (TPSA) is 38.3 Å². The van der Waals surface area contributed by atoms with E-state index in [-0.39, 0.29) is 11.3 Å². The van der Waals surface area contributed by atoms with Crippen molar-refractivity contribution < 1.29 is 9.53 Å². The molecule has 4 heteroatoms. The maximum atomic E-state index is 12.5. The van der Waals surface area contributed by atoms with Gasteiger partial charge in [-0.1, -0.05) is 41.9 Å². The molecule has 3 rings (SSSR count). The molecule has 1 aliphatic rings. The van der Waals surface area contributed by atoms with Gasteiger partial charge in [0.2, 0.25) is 0 Å². The first-order valence-electron chi connectivity index (χ1n) is 8.37. The van der Waals surface area contributed by atoms with Gasteiger partial charge < -0.3 is 10.1 Å². The quantitative estimate of drug-likeness (QED) is 0.903. The van der Waals surface area contributed by atoms with Crippen molar-refractivity contribution in [2.45, 2.75) is 24.7 Å². The predicted molar refractivity (Wildman–Crippen MR) is 96.6 cm³/mol. The fourth-order valence-corrected chi connectivity index (χ4v) is 3.45. The minimum atomic E-state index is -0.0696. The molecule has 126 valence electrons. The minimum absolute atomic E-state index is 0.0628. The molecular weight excluding hydrogens is 322 g/mol. The van der Waals surface area contributed by atoms with Gasteiger partial charge in [0, 0.05) is 35.8 Å². The summed E-state index contributed by atoms with van der Waals surface area (Å²) in [6, 6.07) is 17.4. The van der Waals surface area contributed by atoms with E-state index in [0.717, 1.165) is 32.5 Å². The van der Waals surface area contributed by atoms with Gasteiger partial charge in [-0.05, 0) is 49.1 Å². The second-order valence-corrected chi connectivity index (χ2v) is 6.74. The SMILES string of the molecule is O=C(NCC1(c2ccccc2)CCCOCC1)c1ccc(Cl)cc1. The second-order valence-electron chi connectivity index (χ2n) is 6.30. The molecule has 0 aliphatic carbocycles. The van der Waals surface area contributed by atoms with Gasteiger partial charge in [0.25, 0.3) is 5.91 Å². The molecule has 1 heterocycles. The molecule has 0 bridgehead atoms. The van der Waals surface area contributed by atoms with E-state index in [0.29, 0.717) is 17.1 Å². The number of ether oxygens (including phenoxy) is 1. The average Bonchev–Trinajstić information content (AvgIpc) is 2.88. The normalized spacial score (nSPS) is 21.0. The van der Waals surface area contributed by atoms with Crippen LogP contribution in [-0.4, -0.2) is 25.7 Å². The van der Waals surface area contributed by atoms with Gasteiger partial charge in [0.05, 0.1) is 0 Å². The molecule has 1 unspecified atom stereocenters. The summed E-state index contributed by atoms with van der Waals surface area (Å²) in [4.78, 5) is 12.5. The highest BCUT2D eigenvalue weighted by Crippen LogP contribution is 2.34. The van der Waals surface area contributed by atoms with Crippen LogP contribution in [0.5, 0.6) is 0 Å². The van der Waals surface area contributed by atoms with E-state index in [4.69, 9.17) is 16.3 Å². The smallest absolute Gasteiger partial charge is 0.251 e. The summed E-state index contributed by atoms with van der Waals surface area (Å²) in [5.41, 5.74) is 1.83. The summed E-state index contributed by atoms with van der Waals surface area (Å²) >= 11 is 5.89. The van der Waals surface area contributed by atoms with Crippen LogP contribution in [0.4, 0.5) is 0 Å². The molecule has 0 radical (unpaired) electrons. The van der Waals surface area contributed by atoms with Crippen LogP contribution in [0, 0.1) is 0 Å². The van der Waals surface area contributed by atoms with Crippen molar-refractivity contribution in [3.05, 3.63) is 70.7 Å². The van der Waals surface area contributed by atoms with E-state index < -0.39 is 0 Å². The van der Waals surface area contributed by atoms with Crippen molar-refractivity contribution in [1.29, 1.82) is 0 Å². The number of rotatable bonds is 4. The highest BCUT2D eigenvalue weighted by molar-refractivity contribution is 6.30. The summed E-state index contributed by atoms with van der Waals surface area (Å²) in [6.45, 7) is 2.13. The van der Waals surface area contributed by atoms with Crippen molar-refractivity contribution in [1.82, 2.24) is 5.32 Å². The zero-order valence-electron chi connectivity index (χ0n) is 13.6. The summed E-state index contributed by atoms with van der Waals surface area (Å²) in [6.07, 6.45) is 2.93. The van der Waals surface area contributed by atoms with E-state index in [1.807, 2.05) is 6.07 Å². The highest BCUT2D eigenvalue weighted by atomic mass is 35.5. The third kappa shape index (κ3) is 3.97. The van der Waals surface area contributed by atoms with E-state index >= 15 is 0 Å². The Bertz CT molecular complexity index is 662. The van der Waals surface area contributed by atoms with Crippen molar-refractivity contribution in [2.75, 3.05) is 19.8 Å². The van der Waals surface area contributed by atoms with Crippen LogP contribution in [-0.2, 0) is 10.2 Å². The summed E-state index contributed by atoms with van der Waals surface area (Å²) < 4.78 is 5.65. The monoisotopic (exact) mass is 343 g/mol. The van der Waals surface area contributed by atoms with E-state index in [1.54, 1.807) is 24.3 Å². The number of nitrogens with one attached hydrogen (secondary N) is 1. The number of benzene rings is 2. The largest absolute Gasteiger partial charge is 0.381 e. The number of hydrogen-bond donors (Lipinski definition) is 1. The van der Waals surface area contributed by atoms with Crippen molar-refractivity contribution in [3.63, 3.8) is 0 Å².